The lowest BCUT2D eigenvalue weighted by Crippen LogP contribution is -2.08. The Balaban J connectivity index is 1.40. The maximum Gasteiger partial charge on any atom is 0.416 e. The van der Waals surface area contributed by atoms with Crippen molar-refractivity contribution in [3.05, 3.63) is 189 Å². The van der Waals surface area contributed by atoms with E-state index < -0.39 is 151 Å². The van der Waals surface area contributed by atoms with Crippen LogP contribution in [0.3, 0.4) is 0 Å². The highest BCUT2D eigenvalue weighted by molar-refractivity contribution is 5.76. The number of nitrogens with zero attached hydrogens (tertiary/aromatic N) is 8. The quantitative estimate of drug-likeness (QED) is 0.0284. The molecule has 0 spiro atoms. The van der Waals surface area contributed by atoms with Crippen LogP contribution in [0.1, 0.15) is 145 Å². The van der Waals surface area contributed by atoms with Gasteiger partial charge in [0.1, 0.15) is 11.5 Å². The molecule has 0 heterocycles. The highest BCUT2D eigenvalue weighted by atomic mass is 19.4. The zero-order valence-corrected chi connectivity index (χ0v) is 49.5. The molecule has 4 atom stereocenters. The van der Waals surface area contributed by atoms with Gasteiger partial charge in [-0.1, -0.05) is 65.0 Å². The fourth-order valence-corrected chi connectivity index (χ4v) is 10.5. The molecule has 0 saturated heterocycles. The van der Waals surface area contributed by atoms with E-state index >= 15 is 0 Å². The summed E-state index contributed by atoms with van der Waals surface area (Å²) in [5.41, 5.74) is -10.3. The molecule has 0 saturated carbocycles. The fraction of sp³-hybridized carbons (Fsp3) is 0.262. The lowest BCUT2D eigenvalue weighted by atomic mass is 9.79. The van der Waals surface area contributed by atoms with E-state index in [1.807, 2.05) is 0 Å². The number of rotatable bonds is 19. The van der Waals surface area contributed by atoms with Crippen LogP contribution in [0.15, 0.2) is 168 Å². The van der Waals surface area contributed by atoms with Crippen molar-refractivity contribution in [2.45, 2.75) is 109 Å². The highest BCUT2D eigenvalue weighted by Crippen LogP contribution is 2.58. The first-order chi connectivity index (χ1) is 43.7. The average Bonchev–Trinajstić information content (AvgIpc) is 0.755. The Morgan fingerprint density at radius 2 is 0.538 bits per heavy atom. The summed E-state index contributed by atoms with van der Waals surface area (Å²) in [5.74, 6) is -11.3. The van der Waals surface area contributed by atoms with Crippen LogP contribution < -0.4 is 0 Å². The van der Waals surface area contributed by atoms with E-state index in [9.17, 15) is 93.5 Å². The molecule has 0 aliphatic carbocycles. The van der Waals surface area contributed by atoms with Crippen molar-refractivity contribution >= 4 is 45.5 Å². The summed E-state index contributed by atoms with van der Waals surface area (Å²) < 4.78 is 166. The van der Waals surface area contributed by atoms with Gasteiger partial charge >= 0.3 is 24.7 Å². The molecule has 0 aromatic heterocycles. The zero-order chi connectivity index (χ0) is 68.2. The van der Waals surface area contributed by atoms with Crippen molar-refractivity contribution in [2.24, 2.45) is 40.9 Å². The van der Waals surface area contributed by atoms with Crippen LogP contribution in [0.25, 0.3) is 0 Å². The molecular weight excluding hydrogens is 1250 g/mol. The molecule has 0 amide bonds. The molecule has 0 fully saturated rings. The molecule has 0 radical (unpaired) electrons. The van der Waals surface area contributed by atoms with Gasteiger partial charge in [0.2, 0.25) is 0 Å². The molecular formula is C65H56F12N8O8. The van der Waals surface area contributed by atoms with Crippen molar-refractivity contribution < 1.29 is 93.5 Å². The van der Waals surface area contributed by atoms with Gasteiger partial charge in [0.15, 0.2) is 57.2 Å². The van der Waals surface area contributed by atoms with Gasteiger partial charge < -0.3 is 40.9 Å². The van der Waals surface area contributed by atoms with Crippen LogP contribution in [0.4, 0.5) is 98.2 Å². The van der Waals surface area contributed by atoms with Crippen molar-refractivity contribution in [1.29, 1.82) is 0 Å². The molecule has 8 aromatic carbocycles. The minimum absolute atomic E-state index is 0.119. The van der Waals surface area contributed by atoms with E-state index in [0.717, 1.165) is 72.8 Å². The van der Waals surface area contributed by atoms with Crippen LogP contribution in [0.5, 0.6) is 46.0 Å². The number of azo groups is 4. The third-order valence-corrected chi connectivity index (χ3v) is 15.5. The Morgan fingerprint density at radius 1 is 0.290 bits per heavy atom. The van der Waals surface area contributed by atoms with Gasteiger partial charge in [-0.05, 0) is 134 Å². The standard InChI is InChI=1S/C65H56F12N8O8/c1-6-31(5)44-28-45(57(89)52(56(44)88)83-79-37-19-11-15-33(25-37)63(69,70)71)41(8-3)48-30-49(61(93)54(60(48)92)85-81-39-21-13-17-35(27-39)65(75,76)77)42(9-4)47-29-46(58(90)53(59(47)91)84-80-38-20-12-16-34(26-38)64(72,73)74)40(7-2)43-22-23-50(86)51(55(43)87)82-78-36-18-10-14-32(24-36)62(66,67)68/h10-31,40-42,86-93H,6-9H2,1-5H3. The van der Waals surface area contributed by atoms with Gasteiger partial charge in [0, 0.05) is 51.1 Å². The second-order valence-corrected chi connectivity index (χ2v) is 21.4. The molecule has 0 aliphatic rings. The highest BCUT2D eigenvalue weighted by Gasteiger charge is 2.37. The van der Waals surface area contributed by atoms with Crippen LogP contribution >= 0.6 is 0 Å². The molecule has 93 heavy (non-hydrogen) atoms. The van der Waals surface area contributed by atoms with Crippen molar-refractivity contribution in [3.8, 4) is 46.0 Å². The lowest BCUT2D eigenvalue weighted by Gasteiger charge is -2.27. The SMILES string of the molecule is CCC(C)c1cc(C(CC)c2cc(C(CC)c3cc(C(CC)c4ccc(O)c(N=Nc5cccc(C(F)(F)F)c5)c4O)c(O)c(N=Nc4cccc(C(F)(F)F)c4)c3O)c(O)c(N=Nc3cccc(C(F)(F)F)c3)c2O)c(O)c(N=Nc2cccc(C(F)(F)F)c2)c1O. The largest absolute Gasteiger partial charge is 0.505 e. The third kappa shape index (κ3) is 14.9. The fourth-order valence-electron chi connectivity index (χ4n) is 10.5. The average molecular weight is 1310 g/mol. The van der Waals surface area contributed by atoms with Gasteiger partial charge in [-0.15, -0.1) is 20.5 Å². The molecule has 16 nitrogen and oxygen atoms in total. The summed E-state index contributed by atoms with van der Waals surface area (Å²) in [6, 6.07) is 20.2. The van der Waals surface area contributed by atoms with E-state index in [4.69, 9.17) is 0 Å². The van der Waals surface area contributed by atoms with Gasteiger partial charge in [0.25, 0.3) is 0 Å². The number of phenolic OH excluding ortho intramolecular Hbond substituents is 8. The number of hydrogen-bond acceptors (Lipinski definition) is 16. The number of phenols is 8. The van der Waals surface area contributed by atoms with E-state index in [1.54, 1.807) is 27.7 Å². The lowest BCUT2D eigenvalue weighted by molar-refractivity contribution is -0.138. The summed E-state index contributed by atoms with van der Waals surface area (Å²) in [6.07, 6.45) is -19.5. The first kappa shape index (κ1) is 68.6. The summed E-state index contributed by atoms with van der Waals surface area (Å²) in [5, 5.41) is 128. The van der Waals surface area contributed by atoms with E-state index in [-0.39, 0.29) is 69.6 Å². The number of alkyl halides is 12. The first-order valence-corrected chi connectivity index (χ1v) is 28.4. The van der Waals surface area contributed by atoms with Crippen LogP contribution in [0, 0.1) is 0 Å². The molecule has 8 aromatic rings. The van der Waals surface area contributed by atoms with Crippen molar-refractivity contribution in [1.82, 2.24) is 0 Å². The maximum atomic E-state index is 14.0. The second kappa shape index (κ2) is 27.3. The Hall–Kier alpha value is -10.3. The predicted octanol–water partition coefficient (Wildman–Crippen LogP) is 22.2. The van der Waals surface area contributed by atoms with Gasteiger partial charge in [-0.25, -0.2) is 0 Å². The predicted molar refractivity (Wildman–Crippen MR) is 317 cm³/mol. The smallest absolute Gasteiger partial charge is 0.416 e. The molecule has 0 aliphatic heterocycles. The number of aromatic hydroxyl groups is 8. The number of benzene rings is 8. The molecule has 28 heteroatoms. The molecule has 4 unspecified atom stereocenters. The van der Waals surface area contributed by atoms with E-state index in [1.165, 1.54) is 37.3 Å². The summed E-state index contributed by atoms with van der Waals surface area (Å²) in [7, 11) is 0. The van der Waals surface area contributed by atoms with E-state index in [0.29, 0.717) is 30.7 Å². The zero-order valence-electron chi connectivity index (χ0n) is 49.5. The van der Waals surface area contributed by atoms with E-state index in [2.05, 4.69) is 40.9 Å². The Kier molecular flexibility index (Phi) is 20.1. The normalized spacial score (nSPS) is 14.0. The van der Waals surface area contributed by atoms with Crippen molar-refractivity contribution in [2.75, 3.05) is 0 Å². The van der Waals surface area contributed by atoms with Gasteiger partial charge in [-0.2, -0.15) is 73.1 Å². The monoisotopic (exact) mass is 1300 g/mol. The molecule has 488 valence electrons. The van der Waals surface area contributed by atoms with Crippen LogP contribution in [0.2, 0.25) is 0 Å². The van der Waals surface area contributed by atoms with Crippen molar-refractivity contribution in [3.63, 3.8) is 0 Å². The molecule has 0 bridgehead atoms. The maximum absolute atomic E-state index is 14.0. The number of halogens is 12. The summed E-state index contributed by atoms with van der Waals surface area (Å²) in [4.78, 5) is 0. The summed E-state index contributed by atoms with van der Waals surface area (Å²) >= 11 is 0. The molecule has 8 N–H and O–H groups in total. The number of hydrogen-bond donors (Lipinski definition) is 8. The minimum atomic E-state index is -4.88. The van der Waals surface area contributed by atoms with Gasteiger partial charge in [0.05, 0.1) is 45.0 Å². The van der Waals surface area contributed by atoms with Gasteiger partial charge in [-0.3, -0.25) is 0 Å². The molecule has 8 rings (SSSR count). The minimum Gasteiger partial charge on any atom is -0.505 e. The topological polar surface area (TPSA) is 261 Å². The third-order valence-electron chi connectivity index (χ3n) is 15.5. The Labute approximate surface area is 521 Å². The second-order valence-electron chi connectivity index (χ2n) is 21.4. The first-order valence-electron chi connectivity index (χ1n) is 28.4. The van der Waals surface area contributed by atoms with Crippen LogP contribution in [-0.4, -0.2) is 40.9 Å². The Morgan fingerprint density at radius 3 is 0.806 bits per heavy atom. The van der Waals surface area contributed by atoms with Crippen LogP contribution in [-0.2, 0) is 24.7 Å². The summed E-state index contributed by atoms with van der Waals surface area (Å²) in [6.45, 7) is 8.06. The Bertz CT molecular complexity index is 4230.